The molecule has 0 saturated carbocycles. The lowest BCUT2D eigenvalue weighted by Gasteiger charge is -2.32. The van der Waals surface area contributed by atoms with Gasteiger partial charge in [0.05, 0.1) is 6.20 Å². The Bertz CT molecular complexity index is 572. The average Bonchev–Trinajstić information content (AvgIpc) is 2.93. The fourth-order valence-electron chi connectivity index (χ4n) is 2.72. The Morgan fingerprint density at radius 2 is 2.22 bits per heavy atom. The molecule has 0 aliphatic carbocycles. The van der Waals surface area contributed by atoms with E-state index in [9.17, 15) is 0 Å². The summed E-state index contributed by atoms with van der Waals surface area (Å²) in [5.41, 5.74) is 1.09. The van der Waals surface area contributed by atoms with Crippen LogP contribution in [0, 0.1) is 0 Å². The zero-order valence-corrected chi connectivity index (χ0v) is 11.1. The van der Waals surface area contributed by atoms with Gasteiger partial charge in [0, 0.05) is 31.5 Å². The molecule has 1 aliphatic heterocycles. The van der Waals surface area contributed by atoms with E-state index in [-0.39, 0.29) is 5.54 Å². The van der Waals surface area contributed by atoms with Gasteiger partial charge in [0.1, 0.15) is 5.82 Å². The SMILES string of the molecule is CNc1cn2ccnc2c(N2CCCC2(C)C)n1. The molecule has 0 atom stereocenters. The normalized spacial score (nSPS) is 18.5. The Morgan fingerprint density at radius 1 is 1.39 bits per heavy atom. The third kappa shape index (κ3) is 1.62. The number of hydrogen-bond donors (Lipinski definition) is 1. The highest BCUT2D eigenvalue weighted by molar-refractivity contribution is 5.68. The Morgan fingerprint density at radius 3 is 2.89 bits per heavy atom. The maximum Gasteiger partial charge on any atom is 0.180 e. The molecule has 1 saturated heterocycles. The maximum absolute atomic E-state index is 4.70. The Labute approximate surface area is 107 Å². The summed E-state index contributed by atoms with van der Waals surface area (Å²) in [6.45, 7) is 5.59. The molecular weight excluding hydrogens is 226 g/mol. The van der Waals surface area contributed by atoms with Gasteiger partial charge >= 0.3 is 0 Å². The van der Waals surface area contributed by atoms with E-state index in [1.807, 2.05) is 30.0 Å². The molecule has 18 heavy (non-hydrogen) atoms. The lowest BCUT2D eigenvalue weighted by molar-refractivity contribution is 0.515. The zero-order valence-electron chi connectivity index (χ0n) is 11.1. The standard InChI is InChI=1S/C13H19N5/c1-13(2)5-4-7-18(13)12-11-15-6-8-17(11)9-10(14-3)16-12/h6,8-9,14H,4-5,7H2,1-3H3. The topological polar surface area (TPSA) is 45.5 Å². The van der Waals surface area contributed by atoms with Crippen molar-refractivity contribution in [3.63, 3.8) is 0 Å². The monoisotopic (exact) mass is 245 g/mol. The van der Waals surface area contributed by atoms with E-state index in [0.717, 1.165) is 23.8 Å². The highest BCUT2D eigenvalue weighted by atomic mass is 15.3. The highest BCUT2D eigenvalue weighted by Gasteiger charge is 2.34. The molecule has 0 aromatic carbocycles. The number of imidazole rings is 1. The summed E-state index contributed by atoms with van der Waals surface area (Å²) < 4.78 is 2.03. The number of fused-ring (bicyclic) bond motifs is 1. The van der Waals surface area contributed by atoms with Crippen LogP contribution in [0.15, 0.2) is 18.6 Å². The first-order valence-corrected chi connectivity index (χ1v) is 6.41. The van der Waals surface area contributed by atoms with E-state index in [1.54, 1.807) is 0 Å². The van der Waals surface area contributed by atoms with Gasteiger partial charge in [0.2, 0.25) is 0 Å². The van der Waals surface area contributed by atoms with Crippen LogP contribution in [0.5, 0.6) is 0 Å². The van der Waals surface area contributed by atoms with Crippen molar-refractivity contribution in [3.8, 4) is 0 Å². The van der Waals surface area contributed by atoms with Gasteiger partial charge in [0.25, 0.3) is 0 Å². The molecule has 1 aliphatic rings. The molecule has 0 spiro atoms. The second-order valence-corrected chi connectivity index (χ2v) is 5.43. The first-order chi connectivity index (χ1) is 8.62. The number of aromatic nitrogens is 3. The first-order valence-electron chi connectivity index (χ1n) is 6.41. The Balaban J connectivity index is 2.18. The van der Waals surface area contributed by atoms with Crippen LogP contribution in [0.1, 0.15) is 26.7 Å². The maximum atomic E-state index is 4.70. The van der Waals surface area contributed by atoms with E-state index >= 15 is 0 Å². The van der Waals surface area contributed by atoms with Crippen LogP contribution >= 0.6 is 0 Å². The summed E-state index contributed by atoms with van der Waals surface area (Å²) in [4.78, 5) is 11.5. The summed E-state index contributed by atoms with van der Waals surface area (Å²) in [5, 5.41) is 3.11. The Kier molecular flexibility index (Phi) is 2.43. The second-order valence-electron chi connectivity index (χ2n) is 5.43. The van der Waals surface area contributed by atoms with Gasteiger partial charge in [-0.25, -0.2) is 9.97 Å². The number of anilines is 2. The average molecular weight is 245 g/mol. The quantitative estimate of drug-likeness (QED) is 0.880. The van der Waals surface area contributed by atoms with Gasteiger partial charge < -0.3 is 14.6 Å². The minimum atomic E-state index is 0.159. The van der Waals surface area contributed by atoms with Crippen molar-refractivity contribution in [2.75, 3.05) is 23.8 Å². The van der Waals surface area contributed by atoms with E-state index < -0.39 is 0 Å². The molecule has 1 N–H and O–H groups in total. The van der Waals surface area contributed by atoms with Crippen molar-refractivity contribution < 1.29 is 0 Å². The van der Waals surface area contributed by atoms with Crippen molar-refractivity contribution in [2.24, 2.45) is 0 Å². The molecular formula is C13H19N5. The van der Waals surface area contributed by atoms with Gasteiger partial charge in [-0.1, -0.05) is 0 Å². The molecule has 0 bridgehead atoms. The summed E-state index contributed by atoms with van der Waals surface area (Å²) >= 11 is 0. The van der Waals surface area contributed by atoms with Crippen LogP contribution in [0.25, 0.3) is 5.65 Å². The summed E-state index contributed by atoms with van der Waals surface area (Å²) in [7, 11) is 1.89. The fraction of sp³-hybridized carbons (Fsp3) is 0.538. The predicted molar refractivity (Wildman–Crippen MR) is 73.2 cm³/mol. The van der Waals surface area contributed by atoms with Crippen molar-refractivity contribution >= 4 is 17.3 Å². The van der Waals surface area contributed by atoms with E-state index in [4.69, 9.17) is 4.98 Å². The molecule has 3 heterocycles. The molecule has 2 aromatic heterocycles. The lowest BCUT2D eigenvalue weighted by Crippen LogP contribution is -2.39. The molecule has 3 rings (SSSR count). The van der Waals surface area contributed by atoms with Crippen molar-refractivity contribution in [2.45, 2.75) is 32.2 Å². The zero-order chi connectivity index (χ0) is 12.8. The summed E-state index contributed by atoms with van der Waals surface area (Å²) in [5.74, 6) is 1.85. The van der Waals surface area contributed by atoms with Crippen LogP contribution in [0.3, 0.4) is 0 Å². The number of nitrogens with zero attached hydrogens (tertiary/aromatic N) is 4. The van der Waals surface area contributed by atoms with Crippen molar-refractivity contribution in [3.05, 3.63) is 18.6 Å². The van der Waals surface area contributed by atoms with Crippen LogP contribution in [-0.4, -0.2) is 33.5 Å². The third-order valence-corrected chi connectivity index (χ3v) is 3.77. The summed E-state index contributed by atoms with van der Waals surface area (Å²) in [6, 6.07) is 0. The number of hydrogen-bond acceptors (Lipinski definition) is 4. The molecule has 5 heteroatoms. The van der Waals surface area contributed by atoms with Crippen LogP contribution in [0.4, 0.5) is 11.6 Å². The molecule has 96 valence electrons. The minimum Gasteiger partial charge on any atom is -0.372 e. The minimum absolute atomic E-state index is 0.159. The lowest BCUT2D eigenvalue weighted by atomic mass is 10.0. The molecule has 2 aromatic rings. The van der Waals surface area contributed by atoms with E-state index in [0.29, 0.717) is 0 Å². The molecule has 5 nitrogen and oxygen atoms in total. The van der Waals surface area contributed by atoms with E-state index in [1.165, 1.54) is 12.8 Å². The van der Waals surface area contributed by atoms with Gasteiger partial charge in [-0.3, -0.25) is 0 Å². The number of rotatable bonds is 2. The van der Waals surface area contributed by atoms with Crippen LogP contribution < -0.4 is 10.2 Å². The third-order valence-electron chi connectivity index (χ3n) is 3.77. The van der Waals surface area contributed by atoms with Gasteiger partial charge in [0.15, 0.2) is 11.5 Å². The smallest absolute Gasteiger partial charge is 0.180 e. The first kappa shape index (κ1) is 11.3. The van der Waals surface area contributed by atoms with Gasteiger partial charge in [-0.15, -0.1) is 0 Å². The van der Waals surface area contributed by atoms with Crippen molar-refractivity contribution in [1.82, 2.24) is 14.4 Å². The predicted octanol–water partition coefficient (Wildman–Crippen LogP) is 2.15. The molecule has 0 unspecified atom stereocenters. The van der Waals surface area contributed by atoms with Crippen LogP contribution in [0.2, 0.25) is 0 Å². The second kappa shape index (κ2) is 3.86. The fourth-order valence-corrected chi connectivity index (χ4v) is 2.72. The molecule has 0 radical (unpaired) electrons. The molecule has 0 amide bonds. The molecule has 1 fully saturated rings. The van der Waals surface area contributed by atoms with E-state index in [2.05, 4.69) is 29.0 Å². The summed E-state index contributed by atoms with van der Waals surface area (Å²) in [6.07, 6.45) is 8.17. The highest BCUT2D eigenvalue weighted by Crippen LogP contribution is 2.34. The van der Waals surface area contributed by atoms with Gasteiger partial charge in [-0.05, 0) is 26.7 Å². The largest absolute Gasteiger partial charge is 0.372 e. The Hall–Kier alpha value is -1.78. The van der Waals surface area contributed by atoms with Crippen molar-refractivity contribution in [1.29, 1.82) is 0 Å². The van der Waals surface area contributed by atoms with Crippen LogP contribution in [-0.2, 0) is 0 Å². The number of nitrogens with one attached hydrogen (secondary N) is 1. The van der Waals surface area contributed by atoms with Gasteiger partial charge in [-0.2, -0.15) is 0 Å².